The average molecular weight is 247 g/mol. The molecule has 3 N–H and O–H groups in total. The van der Waals surface area contributed by atoms with Gasteiger partial charge in [-0.1, -0.05) is 29.4 Å². The zero-order valence-corrected chi connectivity index (χ0v) is 10.3. The monoisotopic (exact) mass is 247 g/mol. The van der Waals surface area contributed by atoms with Crippen LogP contribution in [-0.2, 0) is 17.6 Å². The highest BCUT2D eigenvalue weighted by atomic mass is 16.4. The summed E-state index contributed by atoms with van der Waals surface area (Å²) in [4.78, 5) is 13.7. The Morgan fingerprint density at radius 2 is 2.00 bits per heavy atom. The van der Waals surface area contributed by atoms with Crippen LogP contribution in [-0.4, -0.2) is 35.4 Å². The maximum absolute atomic E-state index is 12.2. The van der Waals surface area contributed by atoms with Crippen molar-refractivity contribution in [3.63, 3.8) is 0 Å². The molecule has 5 heteroatoms. The highest BCUT2D eigenvalue weighted by Crippen LogP contribution is 2.27. The second-order valence-corrected chi connectivity index (χ2v) is 4.66. The summed E-state index contributed by atoms with van der Waals surface area (Å²) in [6.07, 6.45) is 1.55. The van der Waals surface area contributed by atoms with Crippen LogP contribution in [0.4, 0.5) is 0 Å². The number of nitrogens with two attached hydrogens (primary N) is 1. The number of benzene rings is 1. The number of oxime groups is 1. The molecule has 1 aromatic rings. The van der Waals surface area contributed by atoms with Gasteiger partial charge >= 0.3 is 0 Å². The molecule has 1 amide bonds. The first-order chi connectivity index (χ1) is 8.61. The van der Waals surface area contributed by atoms with Gasteiger partial charge < -0.3 is 15.8 Å². The summed E-state index contributed by atoms with van der Waals surface area (Å²) in [5.74, 6) is 0.0538. The number of amides is 1. The summed E-state index contributed by atoms with van der Waals surface area (Å²) in [6.45, 7) is 0.155. The Morgan fingerprint density at radius 1 is 1.44 bits per heavy atom. The highest BCUT2D eigenvalue weighted by molar-refractivity contribution is 5.88. The van der Waals surface area contributed by atoms with Gasteiger partial charge in [-0.05, 0) is 24.0 Å². The Labute approximate surface area is 106 Å². The fraction of sp³-hybridized carbons (Fsp3) is 0.385. The molecule has 96 valence electrons. The molecule has 0 fully saturated rings. The van der Waals surface area contributed by atoms with E-state index in [0.717, 1.165) is 12.8 Å². The van der Waals surface area contributed by atoms with E-state index < -0.39 is 0 Å². The summed E-state index contributed by atoms with van der Waals surface area (Å²) in [5.41, 5.74) is 7.89. The van der Waals surface area contributed by atoms with Gasteiger partial charge in [-0.25, -0.2) is 0 Å². The Kier molecular flexibility index (Phi) is 3.50. The summed E-state index contributed by atoms with van der Waals surface area (Å²) in [7, 11) is 1.67. The largest absolute Gasteiger partial charge is 0.409 e. The summed E-state index contributed by atoms with van der Waals surface area (Å²) in [5, 5.41) is 11.4. The number of rotatable bonds is 3. The number of amidine groups is 1. The van der Waals surface area contributed by atoms with Crippen LogP contribution >= 0.6 is 0 Å². The number of likely N-dealkylation sites (N-methyl/N-ethyl adjacent to an activating group) is 1. The molecule has 2 rings (SSSR count). The maximum atomic E-state index is 12.2. The fourth-order valence-electron chi connectivity index (χ4n) is 2.40. The van der Waals surface area contributed by atoms with Crippen molar-refractivity contribution in [1.29, 1.82) is 0 Å². The van der Waals surface area contributed by atoms with Gasteiger partial charge in [-0.2, -0.15) is 0 Å². The first-order valence-electron chi connectivity index (χ1n) is 5.90. The molecular weight excluding hydrogens is 230 g/mol. The minimum Gasteiger partial charge on any atom is -0.409 e. The van der Waals surface area contributed by atoms with Crippen molar-refractivity contribution in [3.8, 4) is 0 Å². The zero-order valence-electron chi connectivity index (χ0n) is 10.3. The van der Waals surface area contributed by atoms with Gasteiger partial charge in [-0.15, -0.1) is 0 Å². The van der Waals surface area contributed by atoms with Gasteiger partial charge in [0.25, 0.3) is 0 Å². The Morgan fingerprint density at radius 3 is 2.50 bits per heavy atom. The van der Waals surface area contributed by atoms with Crippen LogP contribution in [0, 0.1) is 5.92 Å². The molecule has 1 aromatic carbocycles. The number of nitrogens with zero attached hydrogens (tertiary/aromatic N) is 2. The lowest BCUT2D eigenvalue weighted by molar-refractivity contribution is -0.133. The molecule has 1 aliphatic rings. The van der Waals surface area contributed by atoms with E-state index in [4.69, 9.17) is 10.9 Å². The van der Waals surface area contributed by atoms with E-state index in [1.807, 2.05) is 12.1 Å². The number of carbonyl (C=O) groups excluding carboxylic acids is 1. The van der Waals surface area contributed by atoms with E-state index in [2.05, 4.69) is 17.3 Å². The predicted octanol–water partition coefficient (Wildman–Crippen LogP) is 0.606. The van der Waals surface area contributed by atoms with E-state index in [1.54, 1.807) is 7.05 Å². The van der Waals surface area contributed by atoms with Gasteiger partial charge in [0.15, 0.2) is 5.84 Å². The second-order valence-electron chi connectivity index (χ2n) is 4.66. The Bertz CT molecular complexity index is 460. The van der Waals surface area contributed by atoms with Gasteiger partial charge in [0, 0.05) is 13.0 Å². The maximum Gasteiger partial charge on any atom is 0.226 e. The lowest BCUT2D eigenvalue weighted by Gasteiger charge is -2.20. The van der Waals surface area contributed by atoms with Crippen molar-refractivity contribution in [1.82, 2.24) is 4.90 Å². The fourth-order valence-corrected chi connectivity index (χ4v) is 2.40. The molecule has 5 nitrogen and oxygen atoms in total. The lowest BCUT2D eigenvalue weighted by Crippen LogP contribution is -2.39. The predicted molar refractivity (Wildman–Crippen MR) is 68.4 cm³/mol. The molecule has 0 bridgehead atoms. The standard InChI is InChI=1S/C13H17N3O2/c1-16(8-12(14)15-18)13(17)11-6-9-4-2-3-5-10(9)7-11/h2-5,11,18H,6-8H2,1H3,(H2,14,15). The van der Waals surface area contributed by atoms with Crippen LogP contribution in [0.1, 0.15) is 11.1 Å². The molecule has 18 heavy (non-hydrogen) atoms. The number of hydrogen-bond donors (Lipinski definition) is 2. The average Bonchev–Trinajstić information content (AvgIpc) is 2.81. The smallest absolute Gasteiger partial charge is 0.226 e. The molecule has 0 aliphatic heterocycles. The van der Waals surface area contributed by atoms with Gasteiger partial charge in [0.2, 0.25) is 5.91 Å². The van der Waals surface area contributed by atoms with E-state index in [1.165, 1.54) is 16.0 Å². The third kappa shape index (κ3) is 2.45. The number of carbonyl (C=O) groups is 1. The quantitative estimate of drug-likeness (QED) is 0.355. The second kappa shape index (κ2) is 5.08. The van der Waals surface area contributed by atoms with Crippen molar-refractivity contribution in [3.05, 3.63) is 35.4 Å². The van der Waals surface area contributed by atoms with Gasteiger partial charge in [0.05, 0.1) is 6.54 Å². The molecule has 0 heterocycles. The van der Waals surface area contributed by atoms with E-state index in [9.17, 15) is 4.79 Å². The minimum absolute atomic E-state index is 0.0288. The normalized spacial score (nSPS) is 15.5. The first kappa shape index (κ1) is 12.4. The summed E-state index contributed by atoms with van der Waals surface area (Å²) >= 11 is 0. The first-order valence-corrected chi connectivity index (χ1v) is 5.90. The van der Waals surface area contributed by atoms with Crippen LogP contribution in [0.15, 0.2) is 29.4 Å². The highest BCUT2D eigenvalue weighted by Gasteiger charge is 2.29. The van der Waals surface area contributed by atoms with Crippen molar-refractivity contribution in [2.45, 2.75) is 12.8 Å². The summed E-state index contributed by atoms with van der Waals surface area (Å²) < 4.78 is 0. The molecule has 0 radical (unpaired) electrons. The number of hydrogen-bond acceptors (Lipinski definition) is 3. The molecule has 0 atom stereocenters. The van der Waals surface area contributed by atoms with Crippen molar-refractivity contribution in [2.24, 2.45) is 16.8 Å². The number of fused-ring (bicyclic) bond motifs is 1. The van der Waals surface area contributed by atoms with Gasteiger partial charge in [-0.3, -0.25) is 4.79 Å². The molecular formula is C13H17N3O2. The SMILES string of the molecule is CN(C/C(N)=N/O)C(=O)C1Cc2ccccc2C1. The topological polar surface area (TPSA) is 78.9 Å². The third-order valence-corrected chi connectivity index (χ3v) is 3.30. The minimum atomic E-state index is -0.0288. The molecule has 0 saturated carbocycles. The van der Waals surface area contributed by atoms with Gasteiger partial charge in [0.1, 0.15) is 0 Å². The lowest BCUT2D eigenvalue weighted by atomic mass is 10.1. The van der Waals surface area contributed by atoms with Crippen LogP contribution in [0.25, 0.3) is 0 Å². The van der Waals surface area contributed by atoms with Crippen LogP contribution < -0.4 is 5.73 Å². The molecule has 0 spiro atoms. The summed E-state index contributed by atoms with van der Waals surface area (Å²) in [6, 6.07) is 8.11. The van der Waals surface area contributed by atoms with Crippen molar-refractivity contribution >= 4 is 11.7 Å². The van der Waals surface area contributed by atoms with Crippen molar-refractivity contribution in [2.75, 3.05) is 13.6 Å². The molecule has 0 saturated heterocycles. The molecule has 0 aromatic heterocycles. The Balaban J connectivity index is 2.01. The van der Waals surface area contributed by atoms with Crippen LogP contribution in [0.5, 0.6) is 0 Å². The third-order valence-electron chi connectivity index (χ3n) is 3.30. The van der Waals surface area contributed by atoms with Crippen LogP contribution in [0.3, 0.4) is 0 Å². The van der Waals surface area contributed by atoms with E-state index in [-0.39, 0.29) is 24.2 Å². The molecule has 0 unspecified atom stereocenters. The zero-order chi connectivity index (χ0) is 13.1. The van der Waals surface area contributed by atoms with Crippen molar-refractivity contribution < 1.29 is 10.0 Å². The van der Waals surface area contributed by atoms with E-state index in [0.29, 0.717) is 0 Å². The van der Waals surface area contributed by atoms with Crippen LogP contribution in [0.2, 0.25) is 0 Å². The van der Waals surface area contributed by atoms with E-state index >= 15 is 0 Å². The molecule has 1 aliphatic carbocycles. The Hall–Kier alpha value is -2.04.